The highest BCUT2D eigenvalue weighted by Crippen LogP contribution is 2.31. The van der Waals surface area contributed by atoms with E-state index in [9.17, 15) is 4.79 Å². The number of amides is 1. The Hall–Kier alpha value is -2.20. The van der Waals surface area contributed by atoms with Crippen molar-refractivity contribution in [3.63, 3.8) is 0 Å². The van der Waals surface area contributed by atoms with E-state index in [2.05, 4.69) is 31.9 Å². The van der Waals surface area contributed by atoms with Gasteiger partial charge in [0.25, 0.3) is 0 Å². The number of carbonyl (C=O) groups excluding carboxylic acids is 1. The lowest BCUT2D eigenvalue weighted by atomic mass is 10.2. The molecule has 0 fully saturated rings. The Bertz CT molecular complexity index is 1140. The van der Waals surface area contributed by atoms with Gasteiger partial charge in [0.2, 0.25) is 11.8 Å². The number of rotatable bonds is 8. The average molecular weight is 477 g/mol. The quantitative estimate of drug-likeness (QED) is 0.310. The second-order valence-corrected chi connectivity index (χ2v) is 9.82. The Morgan fingerprint density at radius 1 is 1.27 bits per heavy atom. The zero-order valence-corrected chi connectivity index (χ0v) is 19.1. The van der Waals surface area contributed by atoms with Gasteiger partial charge in [-0.1, -0.05) is 40.7 Å². The molecule has 3 heterocycles. The average Bonchev–Trinajstić information content (AvgIpc) is 3.49. The van der Waals surface area contributed by atoms with Gasteiger partial charge in [0.1, 0.15) is 0 Å². The summed E-state index contributed by atoms with van der Waals surface area (Å²) in [5.41, 5.74) is 2.63. The lowest BCUT2D eigenvalue weighted by Gasteiger charge is -2.06. The van der Waals surface area contributed by atoms with Crippen molar-refractivity contribution in [2.45, 2.75) is 29.9 Å². The van der Waals surface area contributed by atoms with Crippen LogP contribution in [0, 0.1) is 6.92 Å². The van der Waals surface area contributed by atoms with Crippen molar-refractivity contribution in [3.05, 3.63) is 63.4 Å². The van der Waals surface area contributed by atoms with Gasteiger partial charge in [-0.2, -0.15) is 4.98 Å². The van der Waals surface area contributed by atoms with Gasteiger partial charge in [-0.25, -0.2) is 4.98 Å². The molecule has 30 heavy (non-hydrogen) atoms. The van der Waals surface area contributed by atoms with Gasteiger partial charge in [0, 0.05) is 28.9 Å². The van der Waals surface area contributed by atoms with Crippen molar-refractivity contribution < 1.29 is 9.32 Å². The molecule has 0 bridgehead atoms. The van der Waals surface area contributed by atoms with Crippen LogP contribution in [0.15, 0.2) is 50.0 Å². The number of aryl methyl sites for hydroxylation is 2. The number of halogens is 1. The number of nitrogens with zero attached hydrogens (tertiary/aromatic N) is 3. The van der Waals surface area contributed by atoms with Crippen LogP contribution in [0.3, 0.4) is 0 Å². The largest absolute Gasteiger partial charge is 0.339 e. The van der Waals surface area contributed by atoms with E-state index in [1.807, 2.05) is 30.5 Å². The Balaban J connectivity index is 1.25. The van der Waals surface area contributed by atoms with Crippen LogP contribution in [0.25, 0.3) is 10.6 Å². The Labute approximate surface area is 190 Å². The molecule has 4 rings (SSSR count). The van der Waals surface area contributed by atoms with Gasteiger partial charge in [0.15, 0.2) is 10.2 Å². The number of benzene rings is 1. The topological polar surface area (TPSA) is 80.9 Å². The van der Waals surface area contributed by atoms with Gasteiger partial charge in [-0.05, 0) is 36.1 Å². The van der Waals surface area contributed by atoms with Crippen LogP contribution >= 0.6 is 46.0 Å². The number of hydrogen-bond acceptors (Lipinski definition) is 8. The molecule has 0 saturated carbocycles. The Morgan fingerprint density at radius 3 is 2.97 bits per heavy atom. The van der Waals surface area contributed by atoms with E-state index in [0.29, 0.717) is 34.6 Å². The van der Waals surface area contributed by atoms with Crippen LogP contribution in [0.5, 0.6) is 0 Å². The molecule has 154 valence electrons. The number of thiazole rings is 1. The third-order valence-electron chi connectivity index (χ3n) is 4.11. The van der Waals surface area contributed by atoms with E-state index in [1.165, 1.54) is 0 Å². The molecule has 3 aromatic heterocycles. The lowest BCUT2D eigenvalue weighted by molar-refractivity contribution is -0.116. The van der Waals surface area contributed by atoms with Gasteiger partial charge < -0.3 is 9.84 Å². The lowest BCUT2D eigenvalue weighted by Crippen LogP contribution is -2.12. The molecule has 0 atom stereocenters. The van der Waals surface area contributed by atoms with Crippen molar-refractivity contribution in [1.82, 2.24) is 15.1 Å². The fraction of sp³-hybridized carbons (Fsp3) is 0.200. The first kappa shape index (κ1) is 21.0. The molecule has 0 radical (unpaired) electrons. The third-order valence-corrected chi connectivity index (χ3v) is 7.43. The fourth-order valence-electron chi connectivity index (χ4n) is 2.55. The highest BCUT2D eigenvalue weighted by molar-refractivity contribution is 8.00. The molecule has 4 aromatic rings. The molecule has 0 aliphatic heterocycles. The molecule has 1 amide bonds. The summed E-state index contributed by atoms with van der Waals surface area (Å²) in [5, 5.41) is 11.5. The van der Waals surface area contributed by atoms with Gasteiger partial charge in [-0.15, -0.1) is 22.7 Å². The van der Waals surface area contributed by atoms with Crippen LogP contribution in [0.4, 0.5) is 5.69 Å². The van der Waals surface area contributed by atoms with E-state index in [1.54, 1.807) is 40.5 Å². The number of anilines is 1. The molecule has 0 spiro atoms. The molecule has 1 aromatic carbocycles. The Morgan fingerprint density at radius 2 is 2.17 bits per heavy atom. The normalized spacial score (nSPS) is 11.0. The Kier molecular flexibility index (Phi) is 6.83. The third kappa shape index (κ3) is 5.48. The first-order chi connectivity index (χ1) is 14.6. The molecular weight excluding hydrogens is 460 g/mol. The maximum absolute atomic E-state index is 12.1. The summed E-state index contributed by atoms with van der Waals surface area (Å²) in [4.78, 5) is 22.3. The minimum atomic E-state index is -0.132. The van der Waals surface area contributed by atoms with Crippen LogP contribution in [0.2, 0.25) is 5.02 Å². The van der Waals surface area contributed by atoms with Gasteiger partial charge in [0.05, 0.1) is 16.3 Å². The van der Waals surface area contributed by atoms with Crippen LogP contribution < -0.4 is 5.32 Å². The smallest absolute Gasteiger partial charge is 0.227 e. The van der Waals surface area contributed by atoms with E-state index >= 15 is 0 Å². The summed E-state index contributed by atoms with van der Waals surface area (Å²) < 4.78 is 6.22. The molecule has 0 unspecified atom stereocenters. The molecule has 0 aliphatic rings. The van der Waals surface area contributed by atoms with Crippen LogP contribution in [0.1, 0.15) is 23.7 Å². The van der Waals surface area contributed by atoms with Crippen molar-refractivity contribution in [3.8, 4) is 10.6 Å². The zero-order chi connectivity index (χ0) is 20.9. The van der Waals surface area contributed by atoms with Gasteiger partial charge in [-0.3, -0.25) is 4.79 Å². The number of hydrogen-bond donors (Lipinski definition) is 1. The first-order valence-corrected chi connectivity index (χ1v) is 12.2. The zero-order valence-electron chi connectivity index (χ0n) is 15.9. The predicted octanol–water partition coefficient (Wildman–Crippen LogP) is 6.08. The number of thioether (sulfide) groups is 1. The predicted molar refractivity (Wildman–Crippen MR) is 122 cm³/mol. The molecule has 0 aliphatic carbocycles. The van der Waals surface area contributed by atoms with Crippen molar-refractivity contribution >= 4 is 57.6 Å². The second kappa shape index (κ2) is 9.74. The second-order valence-electron chi connectivity index (χ2n) is 6.38. The maximum Gasteiger partial charge on any atom is 0.227 e. The summed E-state index contributed by atoms with van der Waals surface area (Å²) >= 11 is 10.9. The van der Waals surface area contributed by atoms with Crippen molar-refractivity contribution in [1.29, 1.82) is 0 Å². The van der Waals surface area contributed by atoms with E-state index in [4.69, 9.17) is 16.1 Å². The van der Waals surface area contributed by atoms with E-state index < -0.39 is 0 Å². The number of carbonyl (C=O) groups is 1. The molecule has 6 nitrogen and oxygen atoms in total. The summed E-state index contributed by atoms with van der Waals surface area (Å²) in [6.45, 7) is 1.91. The number of aromatic nitrogens is 3. The summed E-state index contributed by atoms with van der Waals surface area (Å²) in [6.07, 6.45) is 0.625. The summed E-state index contributed by atoms with van der Waals surface area (Å²) in [7, 11) is 0. The minimum Gasteiger partial charge on any atom is -0.339 e. The molecular formula is C20H17ClN4O2S3. The standard InChI is InChI=1S/C20H17ClN4O2S3/c1-12-4-5-13(9-14(12)21)22-18(26)6-7-19-24-17(25-27-19)11-30-20-23-15(10-29-20)16-3-2-8-28-16/h2-5,8-10H,6-7,11H2,1H3,(H,22,26). The van der Waals surface area contributed by atoms with E-state index in [-0.39, 0.29) is 12.3 Å². The van der Waals surface area contributed by atoms with Crippen molar-refractivity contribution in [2.75, 3.05) is 5.32 Å². The van der Waals surface area contributed by atoms with Gasteiger partial charge >= 0.3 is 0 Å². The molecule has 10 heteroatoms. The summed E-state index contributed by atoms with van der Waals surface area (Å²) in [6, 6.07) is 9.50. The molecule has 1 N–H and O–H groups in total. The monoisotopic (exact) mass is 476 g/mol. The first-order valence-electron chi connectivity index (χ1n) is 9.06. The SMILES string of the molecule is Cc1ccc(NC(=O)CCc2nc(CSc3nc(-c4cccs4)cs3)no2)cc1Cl. The highest BCUT2D eigenvalue weighted by Gasteiger charge is 2.12. The van der Waals surface area contributed by atoms with Crippen molar-refractivity contribution in [2.24, 2.45) is 0 Å². The fourth-order valence-corrected chi connectivity index (χ4v) is 5.16. The number of nitrogens with one attached hydrogen (secondary N) is 1. The molecule has 0 saturated heterocycles. The summed E-state index contributed by atoms with van der Waals surface area (Å²) in [5.74, 6) is 1.47. The van der Waals surface area contributed by atoms with Crippen LogP contribution in [-0.2, 0) is 17.0 Å². The van der Waals surface area contributed by atoms with E-state index in [0.717, 1.165) is 20.5 Å². The number of thiophene rings is 1. The minimum absolute atomic E-state index is 0.132. The maximum atomic E-state index is 12.1. The van der Waals surface area contributed by atoms with Crippen LogP contribution in [-0.4, -0.2) is 21.0 Å². The highest BCUT2D eigenvalue weighted by atomic mass is 35.5.